The summed E-state index contributed by atoms with van der Waals surface area (Å²) >= 11 is 0. The second-order valence-corrected chi connectivity index (χ2v) is 9.13. The molecule has 1 N–H and O–H groups in total. The molecule has 176 valence electrons. The summed E-state index contributed by atoms with van der Waals surface area (Å²) in [6, 6.07) is 16.1. The van der Waals surface area contributed by atoms with Crippen molar-refractivity contribution in [2.45, 2.75) is 57.9 Å². The molecular formula is C28H36N2O3. The lowest BCUT2D eigenvalue weighted by molar-refractivity contribution is 0.0697. The summed E-state index contributed by atoms with van der Waals surface area (Å²) in [6.45, 7) is 8.52. The van der Waals surface area contributed by atoms with Crippen molar-refractivity contribution in [2.24, 2.45) is 0 Å². The van der Waals surface area contributed by atoms with Crippen LogP contribution in [0.5, 0.6) is 5.75 Å². The van der Waals surface area contributed by atoms with Gasteiger partial charge in [-0.15, -0.1) is 0 Å². The van der Waals surface area contributed by atoms with Gasteiger partial charge in [-0.2, -0.15) is 0 Å². The Morgan fingerprint density at radius 2 is 1.76 bits per heavy atom. The molecule has 1 fully saturated rings. The number of likely N-dealkylation sites (tertiary alicyclic amines) is 1. The predicted molar refractivity (Wildman–Crippen MR) is 133 cm³/mol. The number of nitrogens with zero attached hydrogens (tertiary/aromatic N) is 2. The van der Waals surface area contributed by atoms with Crippen molar-refractivity contribution in [3.63, 3.8) is 0 Å². The van der Waals surface area contributed by atoms with Crippen LogP contribution in [-0.4, -0.2) is 46.8 Å². The molecule has 2 aromatic carbocycles. The third-order valence-electron chi connectivity index (χ3n) is 7.12. The first-order chi connectivity index (χ1) is 16.1. The number of carboxylic acids is 1. The number of aromatic nitrogens is 1. The minimum Gasteiger partial charge on any atom is -0.494 e. The average Bonchev–Trinajstić information content (AvgIpc) is 3.23. The first-order valence-corrected chi connectivity index (χ1v) is 12.4. The number of carboxylic acid groups (broad SMARTS) is 1. The van der Waals surface area contributed by atoms with Gasteiger partial charge in [0.2, 0.25) is 0 Å². The maximum Gasteiger partial charge on any atom is 0.335 e. The standard InChI is InChI=1S/C28H36N2O3/c1-3-23(4-2)30-20-26(25-8-5-6-9-27(25)30)21-14-17-29(18-15-21)16-7-19-33-24-12-10-22(11-13-24)28(31)32/h5-6,8-13,20-21,23H,3-4,7,14-19H2,1-2H3,(H,31,32). The molecule has 5 heteroatoms. The fourth-order valence-electron chi connectivity index (χ4n) is 5.18. The minimum absolute atomic E-state index is 0.285. The SMILES string of the molecule is CCC(CC)n1cc(C2CCN(CCCOc3ccc(C(=O)O)cc3)CC2)c2ccccc21. The lowest BCUT2D eigenvalue weighted by atomic mass is 9.89. The topological polar surface area (TPSA) is 54.7 Å². The van der Waals surface area contributed by atoms with Crippen LogP contribution in [0.1, 0.15) is 73.8 Å². The van der Waals surface area contributed by atoms with Gasteiger partial charge >= 0.3 is 5.97 Å². The number of fused-ring (bicyclic) bond motifs is 1. The van der Waals surface area contributed by atoms with Crippen LogP contribution >= 0.6 is 0 Å². The molecule has 0 amide bonds. The third kappa shape index (κ3) is 5.41. The largest absolute Gasteiger partial charge is 0.494 e. The molecule has 0 saturated carbocycles. The fraction of sp³-hybridized carbons (Fsp3) is 0.464. The van der Waals surface area contributed by atoms with Crippen LogP contribution in [0, 0.1) is 0 Å². The van der Waals surface area contributed by atoms with E-state index in [9.17, 15) is 4.79 Å². The summed E-state index contributed by atoms with van der Waals surface area (Å²) in [6.07, 6.45) is 8.16. The average molecular weight is 449 g/mol. The van der Waals surface area contributed by atoms with E-state index in [1.54, 1.807) is 24.3 Å². The molecule has 2 heterocycles. The van der Waals surface area contributed by atoms with Crippen LogP contribution in [0.15, 0.2) is 54.7 Å². The molecule has 5 nitrogen and oxygen atoms in total. The Labute approximate surface area is 197 Å². The Bertz CT molecular complexity index is 1040. The van der Waals surface area contributed by atoms with Crippen LogP contribution in [0.3, 0.4) is 0 Å². The van der Waals surface area contributed by atoms with Gasteiger partial charge in [0, 0.05) is 29.7 Å². The van der Waals surface area contributed by atoms with E-state index in [0.29, 0.717) is 18.6 Å². The van der Waals surface area contributed by atoms with Gasteiger partial charge in [0.25, 0.3) is 0 Å². The monoisotopic (exact) mass is 448 g/mol. The number of carbonyl (C=O) groups is 1. The van der Waals surface area contributed by atoms with E-state index in [-0.39, 0.29) is 5.56 Å². The molecule has 1 aromatic heterocycles. The van der Waals surface area contributed by atoms with Gasteiger partial charge in [-0.25, -0.2) is 4.79 Å². The Hall–Kier alpha value is -2.79. The molecule has 0 radical (unpaired) electrons. The summed E-state index contributed by atoms with van der Waals surface area (Å²) in [5.74, 6) is 0.448. The second-order valence-electron chi connectivity index (χ2n) is 9.13. The summed E-state index contributed by atoms with van der Waals surface area (Å²) < 4.78 is 8.32. The van der Waals surface area contributed by atoms with Crippen LogP contribution < -0.4 is 4.74 Å². The van der Waals surface area contributed by atoms with Gasteiger partial charge in [0.15, 0.2) is 0 Å². The van der Waals surface area contributed by atoms with Crippen molar-refractivity contribution in [2.75, 3.05) is 26.2 Å². The maximum atomic E-state index is 10.9. The molecule has 0 bridgehead atoms. The first kappa shape index (κ1) is 23.4. The molecular weight excluding hydrogens is 412 g/mol. The highest BCUT2D eigenvalue weighted by Crippen LogP contribution is 2.36. The van der Waals surface area contributed by atoms with Crippen molar-refractivity contribution in [3.05, 3.63) is 65.9 Å². The van der Waals surface area contributed by atoms with E-state index in [1.807, 2.05) is 0 Å². The zero-order valence-electron chi connectivity index (χ0n) is 19.9. The Kier molecular flexibility index (Phi) is 7.71. The van der Waals surface area contributed by atoms with Crippen LogP contribution in [-0.2, 0) is 0 Å². The Morgan fingerprint density at radius 1 is 1.06 bits per heavy atom. The molecule has 1 aliphatic heterocycles. The summed E-state index contributed by atoms with van der Waals surface area (Å²) in [7, 11) is 0. The van der Waals surface area contributed by atoms with Gasteiger partial charge in [0.1, 0.15) is 5.75 Å². The number of benzene rings is 2. The van der Waals surface area contributed by atoms with Crippen molar-refractivity contribution in [3.8, 4) is 5.75 Å². The summed E-state index contributed by atoms with van der Waals surface area (Å²) in [5, 5.41) is 10.4. The van der Waals surface area contributed by atoms with Gasteiger partial charge in [0.05, 0.1) is 12.2 Å². The molecule has 1 saturated heterocycles. The molecule has 4 rings (SSSR count). The van der Waals surface area contributed by atoms with Crippen LogP contribution in [0.25, 0.3) is 10.9 Å². The van der Waals surface area contributed by atoms with Crippen molar-refractivity contribution >= 4 is 16.9 Å². The Balaban J connectivity index is 1.28. The predicted octanol–water partition coefficient (Wildman–Crippen LogP) is 6.35. The molecule has 0 atom stereocenters. The number of piperidine rings is 1. The molecule has 1 aliphatic rings. The van der Waals surface area contributed by atoms with Crippen LogP contribution in [0.2, 0.25) is 0 Å². The lowest BCUT2D eigenvalue weighted by Crippen LogP contribution is -2.34. The van der Waals surface area contributed by atoms with Crippen molar-refractivity contribution < 1.29 is 14.6 Å². The van der Waals surface area contributed by atoms with E-state index in [2.05, 4.69) is 53.8 Å². The number of para-hydroxylation sites is 1. The number of rotatable bonds is 10. The van der Waals surface area contributed by atoms with E-state index in [4.69, 9.17) is 9.84 Å². The molecule has 3 aromatic rings. The number of hydrogen-bond acceptors (Lipinski definition) is 3. The number of ether oxygens (including phenoxy) is 1. The highest BCUT2D eigenvalue weighted by molar-refractivity contribution is 5.87. The maximum absolute atomic E-state index is 10.9. The molecule has 0 unspecified atom stereocenters. The highest BCUT2D eigenvalue weighted by atomic mass is 16.5. The molecule has 0 aliphatic carbocycles. The second kappa shape index (κ2) is 10.9. The van der Waals surface area contributed by atoms with Crippen molar-refractivity contribution in [1.29, 1.82) is 0 Å². The normalized spacial score (nSPS) is 15.4. The van der Waals surface area contributed by atoms with Gasteiger partial charge < -0.3 is 19.3 Å². The van der Waals surface area contributed by atoms with Gasteiger partial charge in [-0.05, 0) is 87.0 Å². The quantitative estimate of drug-likeness (QED) is 0.367. The Morgan fingerprint density at radius 3 is 2.42 bits per heavy atom. The van der Waals surface area contributed by atoms with E-state index in [0.717, 1.165) is 31.8 Å². The molecule has 33 heavy (non-hydrogen) atoms. The van der Waals surface area contributed by atoms with E-state index in [1.165, 1.54) is 42.1 Å². The van der Waals surface area contributed by atoms with E-state index < -0.39 is 5.97 Å². The number of hydrogen-bond donors (Lipinski definition) is 1. The minimum atomic E-state index is -0.912. The zero-order valence-corrected chi connectivity index (χ0v) is 19.9. The molecule has 0 spiro atoms. The summed E-state index contributed by atoms with van der Waals surface area (Å²) in [4.78, 5) is 13.5. The van der Waals surface area contributed by atoms with E-state index >= 15 is 0 Å². The van der Waals surface area contributed by atoms with Gasteiger partial charge in [-0.1, -0.05) is 32.0 Å². The zero-order chi connectivity index (χ0) is 23.2. The fourth-order valence-corrected chi connectivity index (χ4v) is 5.18. The van der Waals surface area contributed by atoms with Gasteiger partial charge in [-0.3, -0.25) is 0 Å². The first-order valence-electron chi connectivity index (χ1n) is 12.4. The lowest BCUT2D eigenvalue weighted by Gasteiger charge is -2.32. The van der Waals surface area contributed by atoms with Crippen molar-refractivity contribution in [1.82, 2.24) is 9.47 Å². The third-order valence-corrected chi connectivity index (χ3v) is 7.12. The smallest absolute Gasteiger partial charge is 0.335 e. The summed E-state index contributed by atoms with van der Waals surface area (Å²) in [5.41, 5.74) is 3.20. The highest BCUT2D eigenvalue weighted by Gasteiger charge is 2.24. The van der Waals surface area contributed by atoms with Crippen LogP contribution in [0.4, 0.5) is 0 Å². The number of aromatic carboxylic acids is 1.